The van der Waals surface area contributed by atoms with E-state index >= 15 is 0 Å². The van der Waals surface area contributed by atoms with Crippen LogP contribution in [-0.2, 0) is 0 Å². The molecule has 0 heterocycles. The third kappa shape index (κ3) is 5.59. The van der Waals surface area contributed by atoms with Gasteiger partial charge in [-0.1, -0.05) is 17.2 Å². The Balaban J connectivity index is 2.28. The van der Waals surface area contributed by atoms with Gasteiger partial charge in [-0.25, -0.2) is 0 Å². The third-order valence-corrected chi connectivity index (χ3v) is 3.67. The van der Waals surface area contributed by atoms with E-state index in [9.17, 15) is 0 Å². The first-order valence-electron chi connectivity index (χ1n) is 5.36. The zero-order valence-electron chi connectivity index (χ0n) is 9.58. The van der Waals surface area contributed by atoms with E-state index in [-0.39, 0.29) is 6.04 Å². The summed E-state index contributed by atoms with van der Waals surface area (Å²) in [5.41, 5.74) is 7.21. The lowest BCUT2D eigenvalue weighted by atomic mass is 10.1. The molecule has 0 aliphatic heterocycles. The number of halogens is 1. The highest BCUT2D eigenvalue weighted by atomic mass is 35.5. The van der Waals surface area contributed by atoms with Crippen LogP contribution in [0.2, 0.25) is 5.02 Å². The van der Waals surface area contributed by atoms with Crippen molar-refractivity contribution in [1.29, 1.82) is 0 Å². The van der Waals surface area contributed by atoms with Crippen molar-refractivity contribution in [3.8, 4) is 0 Å². The summed E-state index contributed by atoms with van der Waals surface area (Å²) in [5, 5.41) is 0.774. The average molecular weight is 256 g/mol. The molecular weight excluding hydrogens is 238 g/mol. The SMILES string of the molecule is C=C(C)CCC(N)CSc1ccc(Cl)cc1. The molecule has 0 aromatic heterocycles. The Kier molecular flexibility index (Phi) is 5.96. The predicted octanol–water partition coefficient (Wildman–Crippen LogP) is 4.12. The number of benzene rings is 1. The summed E-state index contributed by atoms with van der Waals surface area (Å²) in [6.07, 6.45) is 2.03. The Morgan fingerprint density at radius 3 is 2.62 bits per heavy atom. The van der Waals surface area contributed by atoms with Gasteiger partial charge >= 0.3 is 0 Å². The van der Waals surface area contributed by atoms with Gasteiger partial charge in [0.05, 0.1) is 0 Å². The molecule has 16 heavy (non-hydrogen) atoms. The van der Waals surface area contributed by atoms with Crippen LogP contribution in [-0.4, -0.2) is 11.8 Å². The van der Waals surface area contributed by atoms with Gasteiger partial charge in [-0.15, -0.1) is 18.3 Å². The number of nitrogens with two attached hydrogens (primary N) is 1. The minimum absolute atomic E-state index is 0.234. The van der Waals surface area contributed by atoms with Crippen LogP contribution in [0.5, 0.6) is 0 Å². The predicted molar refractivity (Wildman–Crippen MR) is 74.2 cm³/mol. The van der Waals surface area contributed by atoms with Crippen molar-refractivity contribution in [3.63, 3.8) is 0 Å². The van der Waals surface area contributed by atoms with Crippen molar-refractivity contribution < 1.29 is 0 Å². The molecule has 2 N–H and O–H groups in total. The topological polar surface area (TPSA) is 26.0 Å². The van der Waals surface area contributed by atoms with Crippen LogP contribution in [0.3, 0.4) is 0 Å². The van der Waals surface area contributed by atoms with Crippen molar-refractivity contribution in [2.45, 2.75) is 30.7 Å². The Hall–Kier alpha value is -0.440. The zero-order valence-corrected chi connectivity index (χ0v) is 11.2. The number of hydrogen-bond acceptors (Lipinski definition) is 2. The number of allylic oxidation sites excluding steroid dienone is 1. The molecule has 0 bridgehead atoms. The summed E-state index contributed by atoms with van der Waals surface area (Å²) >= 11 is 7.59. The van der Waals surface area contributed by atoms with E-state index in [0.717, 1.165) is 23.6 Å². The standard InChI is InChI=1S/C13H18ClNS/c1-10(2)3-6-12(15)9-16-13-7-4-11(14)5-8-13/h4-5,7-8,12H,1,3,6,9,15H2,2H3. The van der Waals surface area contributed by atoms with Crippen LogP contribution < -0.4 is 5.73 Å². The average Bonchev–Trinajstić information content (AvgIpc) is 2.25. The van der Waals surface area contributed by atoms with Crippen molar-refractivity contribution in [1.82, 2.24) is 0 Å². The van der Waals surface area contributed by atoms with Gasteiger partial charge in [0.1, 0.15) is 0 Å². The van der Waals surface area contributed by atoms with Gasteiger partial charge in [-0.3, -0.25) is 0 Å². The Labute approximate surface area is 107 Å². The first-order chi connectivity index (χ1) is 7.58. The molecule has 0 spiro atoms. The molecule has 0 saturated carbocycles. The van der Waals surface area contributed by atoms with E-state index in [2.05, 4.69) is 6.58 Å². The lowest BCUT2D eigenvalue weighted by Crippen LogP contribution is -2.22. The van der Waals surface area contributed by atoms with E-state index in [0.29, 0.717) is 0 Å². The van der Waals surface area contributed by atoms with Gasteiger partial charge in [0, 0.05) is 21.7 Å². The Morgan fingerprint density at radius 2 is 2.06 bits per heavy atom. The monoisotopic (exact) mass is 255 g/mol. The number of hydrogen-bond donors (Lipinski definition) is 1. The van der Waals surface area contributed by atoms with Crippen molar-refractivity contribution in [3.05, 3.63) is 41.4 Å². The molecule has 0 fully saturated rings. The van der Waals surface area contributed by atoms with Crippen molar-refractivity contribution in [2.24, 2.45) is 5.73 Å². The van der Waals surface area contributed by atoms with Crippen molar-refractivity contribution in [2.75, 3.05) is 5.75 Å². The minimum Gasteiger partial charge on any atom is -0.327 e. The molecule has 1 nitrogen and oxygen atoms in total. The molecule has 0 amide bonds. The summed E-state index contributed by atoms with van der Waals surface area (Å²) in [4.78, 5) is 1.22. The number of rotatable bonds is 6. The maximum Gasteiger partial charge on any atom is 0.0406 e. The largest absolute Gasteiger partial charge is 0.327 e. The molecular formula is C13H18ClNS. The first kappa shape index (κ1) is 13.6. The highest BCUT2D eigenvalue weighted by molar-refractivity contribution is 7.99. The van der Waals surface area contributed by atoms with E-state index in [1.54, 1.807) is 11.8 Å². The van der Waals surface area contributed by atoms with E-state index in [1.807, 2.05) is 31.2 Å². The fourth-order valence-electron chi connectivity index (χ4n) is 1.25. The molecule has 1 aromatic carbocycles. The summed E-state index contributed by atoms with van der Waals surface area (Å²) in [6.45, 7) is 5.92. The second kappa shape index (κ2) is 7.00. The van der Waals surface area contributed by atoms with E-state index in [1.165, 1.54) is 10.5 Å². The maximum atomic E-state index is 6.01. The van der Waals surface area contributed by atoms with E-state index in [4.69, 9.17) is 17.3 Å². The molecule has 0 saturated heterocycles. The second-order valence-electron chi connectivity index (χ2n) is 4.02. The lowest BCUT2D eigenvalue weighted by Gasteiger charge is -2.10. The lowest BCUT2D eigenvalue weighted by molar-refractivity contribution is 0.672. The summed E-state index contributed by atoms with van der Waals surface area (Å²) in [5.74, 6) is 0.939. The normalized spacial score (nSPS) is 12.4. The van der Waals surface area contributed by atoms with Crippen LogP contribution in [0.25, 0.3) is 0 Å². The molecule has 0 aliphatic rings. The van der Waals surface area contributed by atoms with Gasteiger partial charge in [-0.2, -0.15) is 0 Å². The van der Waals surface area contributed by atoms with E-state index < -0.39 is 0 Å². The molecule has 1 atom stereocenters. The summed E-state index contributed by atoms with van der Waals surface area (Å²) in [6, 6.07) is 8.10. The van der Waals surface area contributed by atoms with Crippen LogP contribution in [0.4, 0.5) is 0 Å². The van der Waals surface area contributed by atoms with Crippen LogP contribution >= 0.6 is 23.4 Å². The van der Waals surface area contributed by atoms with Gasteiger partial charge in [0.15, 0.2) is 0 Å². The molecule has 0 aliphatic carbocycles. The Morgan fingerprint density at radius 1 is 1.44 bits per heavy atom. The first-order valence-corrected chi connectivity index (χ1v) is 6.72. The summed E-state index contributed by atoms with van der Waals surface area (Å²) < 4.78 is 0. The maximum absolute atomic E-state index is 6.01. The highest BCUT2D eigenvalue weighted by Crippen LogP contribution is 2.21. The summed E-state index contributed by atoms with van der Waals surface area (Å²) in [7, 11) is 0. The molecule has 3 heteroatoms. The molecule has 88 valence electrons. The molecule has 1 unspecified atom stereocenters. The Bertz CT molecular complexity index is 334. The molecule has 1 aromatic rings. The quantitative estimate of drug-likeness (QED) is 0.611. The molecule has 1 rings (SSSR count). The van der Waals surface area contributed by atoms with Crippen LogP contribution in [0.1, 0.15) is 19.8 Å². The number of thioether (sulfide) groups is 1. The van der Waals surface area contributed by atoms with Gasteiger partial charge in [-0.05, 0) is 44.0 Å². The molecule has 0 radical (unpaired) electrons. The highest BCUT2D eigenvalue weighted by Gasteiger charge is 2.03. The van der Waals surface area contributed by atoms with Crippen LogP contribution in [0, 0.1) is 0 Å². The fraction of sp³-hybridized carbons (Fsp3) is 0.385. The van der Waals surface area contributed by atoms with Crippen molar-refractivity contribution >= 4 is 23.4 Å². The smallest absolute Gasteiger partial charge is 0.0406 e. The fourth-order valence-corrected chi connectivity index (χ4v) is 2.28. The minimum atomic E-state index is 0.234. The zero-order chi connectivity index (χ0) is 12.0. The second-order valence-corrected chi connectivity index (χ2v) is 5.55. The third-order valence-electron chi connectivity index (χ3n) is 2.22. The van der Waals surface area contributed by atoms with Crippen LogP contribution in [0.15, 0.2) is 41.3 Å². The van der Waals surface area contributed by atoms with Gasteiger partial charge < -0.3 is 5.73 Å². The van der Waals surface area contributed by atoms with Gasteiger partial charge in [0.2, 0.25) is 0 Å². The van der Waals surface area contributed by atoms with Gasteiger partial charge in [0.25, 0.3) is 0 Å².